The maximum atomic E-state index is 11.1. The first-order valence-corrected chi connectivity index (χ1v) is 5.19. The van der Waals surface area contributed by atoms with Crippen molar-refractivity contribution in [1.29, 1.82) is 0 Å². The molecule has 0 spiro atoms. The molecule has 1 rings (SSSR count). The number of allylic oxidation sites excluding steroid dienone is 3. The summed E-state index contributed by atoms with van der Waals surface area (Å²) < 4.78 is 0. The lowest BCUT2D eigenvalue weighted by molar-refractivity contribution is -0.116. The predicted octanol–water partition coefficient (Wildman–Crippen LogP) is 2.80. The summed E-state index contributed by atoms with van der Waals surface area (Å²) in [5.74, 6) is -0.0233. The van der Waals surface area contributed by atoms with Crippen LogP contribution in [0.5, 0.6) is 0 Å². The van der Waals surface area contributed by atoms with Crippen LogP contribution in [0, 0.1) is 0 Å². The average Bonchev–Trinajstić information content (AvgIpc) is 2.33. The number of hydrogen-bond donors (Lipinski definition) is 0. The summed E-state index contributed by atoms with van der Waals surface area (Å²) in [6.45, 7) is 0. The largest absolute Gasteiger partial charge is 0.303 e. The molecule has 0 N–H and O–H groups in total. The van der Waals surface area contributed by atoms with Crippen LogP contribution >= 0.6 is 0 Å². The van der Waals surface area contributed by atoms with Crippen molar-refractivity contribution in [3.63, 3.8) is 0 Å². The molecule has 0 amide bonds. The lowest BCUT2D eigenvalue weighted by Crippen LogP contribution is -1.91. The van der Waals surface area contributed by atoms with Crippen LogP contribution in [0.3, 0.4) is 0 Å². The fraction of sp³-hybridized carbons (Fsp3) is 0.143. The maximum Gasteiger partial charge on any atom is 0.156 e. The minimum Gasteiger partial charge on any atom is -0.303 e. The molecule has 0 saturated carbocycles. The van der Waals surface area contributed by atoms with E-state index < -0.39 is 0 Å². The molecule has 2 heteroatoms. The minimum atomic E-state index is -0.0233. The molecule has 1 aromatic rings. The van der Waals surface area contributed by atoms with Crippen LogP contribution in [-0.4, -0.2) is 12.1 Å². The van der Waals surface area contributed by atoms with E-state index in [0.29, 0.717) is 12.8 Å². The zero-order chi connectivity index (χ0) is 11.6. The Morgan fingerprint density at radius 1 is 1.12 bits per heavy atom. The van der Waals surface area contributed by atoms with Crippen molar-refractivity contribution in [2.24, 2.45) is 0 Å². The van der Waals surface area contributed by atoms with Crippen LogP contribution < -0.4 is 0 Å². The Morgan fingerprint density at radius 3 is 2.56 bits per heavy atom. The van der Waals surface area contributed by atoms with Crippen LogP contribution in [0.15, 0.2) is 48.6 Å². The number of rotatable bonds is 6. The molecule has 16 heavy (non-hydrogen) atoms. The molecular weight excluding hydrogens is 200 g/mol. The van der Waals surface area contributed by atoms with Crippen molar-refractivity contribution in [3.8, 4) is 0 Å². The van der Waals surface area contributed by atoms with Crippen molar-refractivity contribution in [2.75, 3.05) is 0 Å². The first kappa shape index (κ1) is 12.1. The summed E-state index contributed by atoms with van der Waals surface area (Å²) in [5.41, 5.74) is 1.09. The quantitative estimate of drug-likeness (QED) is 0.414. The Bertz CT molecular complexity index is 388. The molecule has 0 bridgehead atoms. The number of aldehydes is 1. The van der Waals surface area contributed by atoms with E-state index in [9.17, 15) is 9.59 Å². The standard InChI is InChI=1S/C14H14O2/c15-12-6-11-14(16)10-5-4-9-13-7-2-1-3-8-13/h1-5,7-10,12H,6,11H2/b9-4+,10-5+. The summed E-state index contributed by atoms with van der Waals surface area (Å²) in [6.07, 6.45) is 8.26. The van der Waals surface area contributed by atoms with Gasteiger partial charge >= 0.3 is 0 Å². The van der Waals surface area contributed by atoms with E-state index in [1.807, 2.05) is 42.5 Å². The van der Waals surface area contributed by atoms with E-state index in [2.05, 4.69) is 0 Å². The SMILES string of the molecule is O=CCCC(=O)/C=C/C=C/c1ccccc1. The van der Waals surface area contributed by atoms with Gasteiger partial charge in [-0.1, -0.05) is 48.6 Å². The van der Waals surface area contributed by atoms with Crippen LogP contribution in [0.4, 0.5) is 0 Å². The number of benzene rings is 1. The van der Waals surface area contributed by atoms with Gasteiger partial charge in [0.1, 0.15) is 6.29 Å². The van der Waals surface area contributed by atoms with Crippen molar-refractivity contribution in [2.45, 2.75) is 12.8 Å². The lowest BCUT2D eigenvalue weighted by Gasteiger charge is -1.89. The maximum absolute atomic E-state index is 11.1. The van der Waals surface area contributed by atoms with Crippen LogP contribution in [0.2, 0.25) is 0 Å². The number of hydrogen-bond acceptors (Lipinski definition) is 2. The van der Waals surface area contributed by atoms with Crippen molar-refractivity contribution >= 4 is 18.1 Å². The normalized spacial score (nSPS) is 11.0. The highest BCUT2D eigenvalue weighted by molar-refractivity contribution is 5.91. The Morgan fingerprint density at radius 2 is 1.88 bits per heavy atom. The van der Waals surface area contributed by atoms with Gasteiger partial charge in [-0.3, -0.25) is 4.79 Å². The zero-order valence-electron chi connectivity index (χ0n) is 9.00. The third kappa shape index (κ3) is 5.05. The van der Waals surface area contributed by atoms with Crippen LogP contribution in [-0.2, 0) is 9.59 Å². The fourth-order valence-electron chi connectivity index (χ4n) is 1.18. The molecule has 0 aliphatic rings. The van der Waals surface area contributed by atoms with E-state index in [1.165, 1.54) is 6.08 Å². The van der Waals surface area contributed by atoms with Gasteiger partial charge in [0, 0.05) is 12.8 Å². The second kappa shape index (κ2) is 7.35. The lowest BCUT2D eigenvalue weighted by atomic mass is 10.2. The van der Waals surface area contributed by atoms with E-state index in [-0.39, 0.29) is 5.78 Å². The summed E-state index contributed by atoms with van der Waals surface area (Å²) >= 11 is 0. The monoisotopic (exact) mass is 214 g/mol. The first-order valence-electron chi connectivity index (χ1n) is 5.19. The predicted molar refractivity (Wildman–Crippen MR) is 64.9 cm³/mol. The molecule has 0 aliphatic carbocycles. The summed E-state index contributed by atoms with van der Waals surface area (Å²) in [5, 5.41) is 0. The molecule has 2 nitrogen and oxygen atoms in total. The molecule has 0 radical (unpaired) electrons. The first-order chi connectivity index (χ1) is 7.83. The second-order valence-electron chi connectivity index (χ2n) is 3.30. The Hall–Kier alpha value is -1.96. The van der Waals surface area contributed by atoms with E-state index >= 15 is 0 Å². The molecule has 1 aromatic carbocycles. The highest BCUT2D eigenvalue weighted by Gasteiger charge is 1.93. The third-order valence-electron chi connectivity index (χ3n) is 1.99. The second-order valence-corrected chi connectivity index (χ2v) is 3.30. The van der Waals surface area contributed by atoms with E-state index in [0.717, 1.165) is 11.8 Å². The van der Waals surface area contributed by atoms with Gasteiger partial charge in [0.25, 0.3) is 0 Å². The Kier molecular flexibility index (Phi) is 5.56. The van der Waals surface area contributed by atoms with Crippen molar-refractivity contribution < 1.29 is 9.59 Å². The highest BCUT2D eigenvalue weighted by atomic mass is 16.1. The summed E-state index contributed by atoms with van der Waals surface area (Å²) in [4.78, 5) is 21.2. The summed E-state index contributed by atoms with van der Waals surface area (Å²) in [7, 11) is 0. The van der Waals surface area contributed by atoms with Crippen LogP contribution in [0.1, 0.15) is 18.4 Å². The van der Waals surface area contributed by atoms with Gasteiger partial charge < -0.3 is 4.79 Å². The van der Waals surface area contributed by atoms with Gasteiger partial charge in [-0.2, -0.15) is 0 Å². The molecule has 0 aliphatic heterocycles. The molecule has 0 saturated heterocycles. The fourth-order valence-corrected chi connectivity index (χ4v) is 1.18. The average molecular weight is 214 g/mol. The van der Waals surface area contributed by atoms with Gasteiger partial charge in [-0.05, 0) is 11.6 Å². The van der Waals surface area contributed by atoms with Crippen molar-refractivity contribution in [3.05, 3.63) is 54.1 Å². The highest BCUT2D eigenvalue weighted by Crippen LogP contribution is 2.00. The smallest absolute Gasteiger partial charge is 0.156 e. The molecule has 0 aromatic heterocycles. The topological polar surface area (TPSA) is 34.1 Å². The summed E-state index contributed by atoms with van der Waals surface area (Å²) in [6, 6.07) is 9.84. The zero-order valence-corrected chi connectivity index (χ0v) is 9.00. The Labute approximate surface area is 95.3 Å². The molecular formula is C14H14O2. The number of ketones is 1. The van der Waals surface area contributed by atoms with Gasteiger partial charge in [-0.25, -0.2) is 0 Å². The van der Waals surface area contributed by atoms with E-state index in [4.69, 9.17) is 0 Å². The molecule has 0 fully saturated rings. The van der Waals surface area contributed by atoms with Gasteiger partial charge in [0.05, 0.1) is 0 Å². The van der Waals surface area contributed by atoms with Crippen molar-refractivity contribution in [1.82, 2.24) is 0 Å². The van der Waals surface area contributed by atoms with Gasteiger partial charge in [-0.15, -0.1) is 0 Å². The Balaban J connectivity index is 2.39. The minimum absolute atomic E-state index is 0.0233. The number of carbonyl (C=O) groups is 2. The molecule has 0 atom stereocenters. The third-order valence-corrected chi connectivity index (χ3v) is 1.99. The van der Waals surface area contributed by atoms with Crippen LogP contribution in [0.25, 0.3) is 6.08 Å². The number of carbonyl (C=O) groups excluding carboxylic acids is 2. The molecule has 0 heterocycles. The van der Waals surface area contributed by atoms with E-state index in [1.54, 1.807) is 6.08 Å². The molecule has 0 unspecified atom stereocenters. The molecule has 82 valence electrons. The van der Waals surface area contributed by atoms with Gasteiger partial charge in [0.15, 0.2) is 5.78 Å². The van der Waals surface area contributed by atoms with Gasteiger partial charge in [0.2, 0.25) is 0 Å².